The van der Waals surface area contributed by atoms with Crippen LogP contribution in [0.4, 0.5) is 0 Å². The molecule has 1 fully saturated rings. The second-order valence-electron chi connectivity index (χ2n) is 8.72. The zero-order valence-corrected chi connectivity index (χ0v) is 18.6. The normalized spacial score (nSPS) is 22.0. The van der Waals surface area contributed by atoms with Gasteiger partial charge < -0.3 is 19.5 Å². The smallest absolute Gasteiger partial charge is 0.200 e. The van der Waals surface area contributed by atoms with Gasteiger partial charge in [0.15, 0.2) is 11.5 Å². The van der Waals surface area contributed by atoms with E-state index < -0.39 is 5.72 Å². The zero-order chi connectivity index (χ0) is 21.6. The summed E-state index contributed by atoms with van der Waals surface area (Å²) >= 11 is 0. The van der Waals surface area contributed by atoms with Crippen LogP contribution in [0.25, 0.3) is 0 Å². The largest absolute Gasteiger partial charge is 0.507 e. The van der Waals surface area contributed by atoms with Gasteiger partial charge in [-0.1, -0.05) is 30.7 Å². The molecule has 0 aromatic heterocycles. The van der Waals surface area contributed by atoms with E-state index in [4.69, 9.17) is 14.6 Å². The fraction of sp³-hybridized carbons (Fsp3) is 0.480. The Labute approximate surface area is 184 Å². The molecular weight excluding hydrogens is 390 g/mol. The minimum atomic E-state index is -0.488. The highest BCUT2D eigenvalue weighted by molar-refractivity contribution is 6.04. The van der Waals surface area contributed by atoms with Crippen molar-refractivity contribution in [2.45, 2.75) is 51.8 Å². The number of likely N-dealkylation sites (tertiary alicyclic amines) is 1. The van der Waals surface area contributed by atoms with Crippen molar-refractivity contribution in [2.75, 3.05) is 26.2 Å². The molecule has 0 bridgehead atoms. The fourth-order valence-corrected chi connectivity index (χ4v) is 5.13. The molecule has 2 aromatic rings. The molecule has 6 nitrogen and oxygen atoms in total. The van der Waals surface area contributed by atoms with Gasteiger partial charge in [-0.25, -0.2) is 5.01 Å². The van der Waals surface area contributed by atoms with Crippen molar-refractivity contribution in [3.05, 3.63) is 53.1 Å². The van der Waals surface area contributed by atoms with E-state index in [9.17, 15) is 5.11 Å². The minimum Gasteiger partial charge on any atom is -0.507 e. The molecule has 6 heteroatoms. The molecule has 3 aliphatic heterocycles. The molecule has 1 N–H and O–H groups in total. The molecule has 31 heavy (non-hydrogen) atoms. The Kier molecular flexibility index (Phi) is 5.05. The Morgan fingerprint density at radius 2 is 2.00 bits per heavy atom. The number of phenolic OH excluding ortho intramolecular Hbond substituents is 1. The quantitative estimate of drug-likeness (QED) is 0.790. The van der Waals surface area contributed by atoms with E-state index in [1.54, 1.807) is 6.07 Å². The molecule has 0 radical (unpaired) electrons. The summed E-state index contributed by atoms with van der Waals surface area (Å²) in [6.07, 6.45) is 2.50. The average Bonchev–Trinajstić information content (AvgIpc) is 3.24. The van der Waals surface area contributed by atoms with Gasteiger partial charge in [-0.05, 0) is 38.6 Å². The van der Waals surface area contributed by atoms with Crippen molar-refractivity contribution in [3.63, 3.8) is 0 Å². The van der Waals surface area contributed by atoms with Crippen LogP contribution < -0.4 is 9.47 Å². The third kappa shape index (κ3) is 3.33. The lowest BCUT2D eigenvalue weighted by Gasteiger charge is -2.51. The number of para-hydroxylation sites is 1. The molecule has 3 heterocycles. The molecule has 0 unspecified atom stereocenters. The Balaban J connectivity index is 1.60. The van der Waals surface area contributed by atoms with Crippen molar-refractivity contribution in [1.29, 1.82) is 0 Å². The third-order valence-electron chi connectivity index (χ3n) is 6.84. The summed E-state index contributed by atoms with van der Waals surface area (Å²) in [6, 6.07) is 11.9. The highest BCUT2D eigenvalue weighted by Gasteiger charge is 2.52. The van der Waals surface area contributed by atoms with E-state index in [2.05, 4.69) is 22.9 Å². The number of aryl methyl sites for hydroxylation is 1. The van der Waals surface area contributed by atoms with E-state index in [1.165, 1.54) is 0 Å². The number of phenols is 1. The zero-order valence-electron chi connectivity index (χ0n) is 18.6. The monoisotopic (exact) mass is 421 g/mol. The van der Waals surface area contributed by atoms with Crippen LogP contribution in [0, 0.1) is 6.92 Å². The Morgan fingerprint density at radius 3 is 2.74 bits per heavy atom. The van der Waals surface area contributed by atoms with Gasteiger partial charge in [-0.2, -0.15) is 5.10 Å². The SMILES string of the molecule is CCOc1cccc2c1OC1(CCN(CC)CC1)N1N=C(c3cc(C)ccc3O)C[C@@H]21. The van der Waals surface area contributed by atoms with Gasteiger partial charge in [-0.3, -0.25) is 0 Å². The third-order valence-corrected chi connectivity index (χ3v) is 6.84. The lowest BCUT2D eigenvalue weighted by atomic mass is 9.90. The molecule has 1 atom stereocenters. The van der Waals surface area contributed by atoms with Crippen LogP contribution in [-0.2, 0) is 0 Å². The summed E-state index contributed by atoms with van der Waals surface area (Å²) in [4.78, 5) is 2.46. The highest BCUT2D eigenvalue weighted by atomic mass is 16.6. The molecule has 0 aliphatic carbocycles. The van der Waals surface area contributed by atoms with Crippen LogP contribution in [0.5, 0.6) is 17.2 Å². The van der Waals surface area contributed by atoms with Gasteiger partial charge in [0.2, 0.25) is 5.72 Å². The summed E-state index contributed by atoms with van der Waals surface area (Å²) in [7, 11) is 0. The van der Waals surface area contributed by atoms with Crippen molar-refractivity contribution in [1.82, 2.24) is 9.91 Å². The standard InChI is InChI=1S/C25H31N3O3/c1-4-27-13-11-25(12-14-27)28-21(18-7-6-8-23(30-5-2)24(18)31-25)16-20(26-28)19-15-17(3)9-10-22(19)29/h6-10,15,21,29H,4-5,11-14,16H2,1-3H3/t21-/m0/s1. The Hall–Kier alpha value is -2.73. The summed E-state index contributed by atoms with van der Waals surface area (Å²) in [6.45, 7) is 9.86. The molecule has 0 amide bonds. The van der Waals surface area contributed by atoms with Gasteiger partial charge in [0.1, 0.15) is 5.75 Å². The number of hydrogen-bond acceptors (Lipinski definition) is 6. The maximum absolute atomic E-state index is 10.5. The van der Waals surface area contributed by atoms with E-state index in [1.807, 2.05) is 38.1 Å². The van der Waals surface area contributed by atoms with E-state index in [0.29, 0.717) is 6.61 Å². The molecule has 0 saturated carbocycles. The van der Waals surface area contributed by atoms with Gasteiger partial charge in [0.25, 0.3) is 0 Å². The first-order valence-electron chi connectivity index (χ1n) is 11.4. The predicted molar refractivity (Wildman–Crippen MR) is 121 cm³/mol. The molecular formula is C25H31N3O3. The second kappa shape index (κ2) is 7.75. The Morgan fingerprint density at radius 1 is 1.19 bits per heavy atom. The number of aromatic hydroxyl groups is 1. The van der Waals surface area contributed by atoms with Crippen LogP contribution in [0.15, 0.2) is 41.5 Å². The van der Waals surface area contributed by atoms with Crippen LogP contribution in [0.2, 0.25) is 0 Å². The minimum absolute atomic E-state index is 0.0762. The predicted octanol–water partition coefficient (Wildman–Crippen LogP) is 4.45. The number of benzene rings is 2. The summed E-state index contributed by atoms with van der Waals surface area (Å²) < 4.78 is 12.7. The molecule has 3 aliphatic rings. The first-order chi connectivity index (χ1) is 15.0. The maximum atomic E-state index is 10.5. The first kappa shape index (κ1) is 20.2. The second-order valence-corrected chi connectivity index (χ2v) is 8.72. The first-order valence-corrected chi connectivity index (χ1v) is 11.4. The van der Waals surface area contributed by atoms with Crippen LogP contribution in [0.3, 0.4) is 0 Å². The Bertz CT molecular complexity index is 1010. The van der Waals surface area contributed by atoms with Crippen LogP contribution in [0.1, 0.15) is 55.8 Å². The van der Waals surface area contributed by atoms with E-state index >= 15 is 0 Å². The fourth-order valence-electron chi connectivity index (χ4n) is 5.13. The van der Waals surface area contributed by atoms with Crippen LogP contribution in [-0.4, -0.2) is 52.7 Å². The lowest BCUT2D eigenvalue weighted by molar-refractivity contribution is -0.150. The number of piperidine rings is 1. The molecule has 1 saturated heterocycles. The van der Waals surface area contributed by atoms with Crippen molar-refractivity contribution >= 4 is 5.71 Å². The number of nitrogens with zero attached hydrogens (tertiary/aromatic N) is 3. The van der Waals surface area contributed by atoms with Gasteiger partial charge >= 0.3 is 0 Å². The summed E-state index contributed by atoms with van der Waals surface area (Å²) in [5, 5.41) is 17.8. The number of hydrazone groups is 1. The van der Waals surface area contributed by atoms with Gasteiger partial charge in [0.05, 0.1) is 18.4 Å². The summed E-state index contributed by atoms with van der Waals surface area (Å²) in [5.41, 5.74) is 3.47. The molecule has 2 aromatic carbocycles. The van der Waals surface area contributed by atoms with E-state index in [0.717, 1.165) is 72.8 Å². The van der Waals surface area contributed by atoms with Crippen molar-refractivity contribution < 1.29 is 14.6 Å². The number of rotatable bonds is 4. The average molecular weight is 422 g/mol. The number of fused-ring (bicyclic) bond motifs is 4. The number of hydrogen-bond donors (Lipinski definition) is 1. The molecule has 5 rings (SSSR count). The highest BCUT2D eigenvalue weighted by Crippen LogP contribution is 2.53. The van der Waals surface area contributed by atoms with Gasteiger partial charge in [0, 0.05) is 43.5 Å². The van der Waals surface area contributed by atoms with Crippen molar-refractivity contribution in [2.24, 2.45) is 5.10 Å². The molecule has 1 spiro atoms. The van der Waals surface area contributed by atoms with Crippen molar-refractivity contribution in [3.8, 4) is 17.2 Å². The lowest BCUT2D eigenvalue weighted by Crippen LogP contribution is -2.59. The van der Waals surface area contributed by atoms with E-state index in [-0.39, 0.29) is 11.8 Å². The number of ether oxygens (including phenoxy) is 2. The van der Waals surface area contributed by atoms with Gasteiger partial charge in [-0.15, -0.1) is 0 Å². The summed E-state index contributed by atoms with van der Waals surface area (Å²) in [5.74, 6) is 1.95. The topological polar surface area (TPSA) is 57.5 Å². The molecule has 164 valence electrons. The maximum Gasteiger partial charge on any atom is 0.200 e. The van der Waals surface area contributed by atoms with Crippen LogP contribution >= 0.6 is 0 Å².